The first-order chi connectivity index (χ1) is 14.4. The summed E-state index contributed by atoms with van der Waals surface area (Å²) in [7, 11) is 0. The van der Waals surface area contributed by atoms with Crippen molar-refractivity contribution in [3.05, 3.63) is 60.9 Å². The standard InChI is InChI=1S/C18H14BrCl3F3N5O/c1-8-14(22)15(18(23,24)25)27-30(8)9(2)17(31)26-16-11(19)7-29(28-16)6-10-3-4-12(20)13(21)5-10/h3-5,7,9H,6H2,1-2H3,(H,26,28,31). The van der Waals surface area contributed by atoms with Gasteiger partial charge in [-0.3, -0.25) is 14.2 Å². The minimum absolute atomic E-state index is 0.0286. The minimum Gasteiger partial charge on any atom is -0.306 e. The Bertz CT molecular complexity index is 1150. The maximum atomic E-state index is 13.0. The quantitative estimate of drug-likeness (QED) is 0.395. The fourth-order valence-electron chi connectivity index (χ4n) is 2.78. The molecule has 6 nitrogen and oxygen atoms in total. The summed E-state index contributed by atoms with van der Waals surface area (Å²) in [6, 6.07) is 4.07. The second-order valence-corrected chi connectivity index (χ2v) is 8.67. The SMILES string of the molecule is Cc1c(Cl)c(C(F)(F)F)nn1C(C)C(=O)Nc1nn(Cc2ccc(Cl)c(Cl)c2)cc1Br. The molecular formula is C18H14BrCl3F3N5O. The molecule has 0 bridgehead atoms. The average Bonchev–Trinajstić information content (AvgIpc) is 3.17. The summed E-state index contributed by atoms with van der Waals surface area (Å²) in [5.74, 6) is -0.416. The van der Waals surface area contributed by atoms with Crippen molar-refractivity contribution < 1.29 is 18.0 Å². The van der Waals surface area contributed by atoms with Crippen LogP contribution in [0.5, 0.6) is 0 Å². The zero-order valence-electron chi connectivity index (χ0n) is 15.9. The van der Waals surface area contributed by atoms with E-state index in [4.69, 9.17) is 34.8 Å². The van der Waals surface area contributed by atoms with Gasteiger partial charge < -0.3 is 5.32 Å². The van der Waals surface area contributed by atoms with E-state index in [1.807, 2.05) is 0 Å². The van der Waals surface area contributed by atoms with Gasteiger partial charge in [0.1, 0.15) is 6.04 Å². The van der Waals surface area contributed by atoms with Gasteiger partial charge in [0.25, 0.3) is 0 Å². The molecule has 0 aliphatic carbocycles. The lowest BCUT2D eigenvalue weighted by Gasteiger charge is -2.13. The number of aromatic nitrogens is 4. The van der Waals surface area contributed by atoms with Crippen molar-refractivity contribution in [2.45, 2.75) is 32.6 Å². The maximum Gasteiger partial charge on any atom is 0.436 e. The Morgan fingerprint density at radius 2 is 1.90 bits per heavy atom. The van der Waals surface area contributed by atoms with E-state index in [1.165, 1.54) is 13.8 Å². The second kappa shape index (κ2) is 9.01. The van der Waals surface area contributed by atoms with E-state index in [0.29, 0.717) is 21.1 Å². The number of hydrogen-bond acceptors (Lipinski definition) is 3. The lowest BCUT2D eigenvalue weighted by Crippen LogP contribution is -2.26. The molecule has 0 saturated carbocycles. The normalized spacial score (nSPS) is 12.8. The Morgan fingerprint density at radius 1 is 1.23 bits per heavy atom. The summed E-state index contributed by atoms with van der Waals surface area (Å²) in [6.07, 6.45) is -3.09. The van der Waals surface area contributed by atoms with Crippen molar-refractivity contribution >= 4 is 62.5 Å². The van der Waals surface area contributed by atoms with Gasteiger partial charge in [-0.05, 0) is 47.5 Å². The van der Waals surface area contributed by atoms with E-state index in [9.17, 15) is 18.0 Å². The summed E-state index contributed by atoms with van der Waals surface area (Å²) in [5.41, 5.74) is -0.378. The van der Waals surface area contributed by atoms with E-state index in [2.05, 4.69) is 31.4 Å². The zero-order valence-corrected chi connectivity index (χ0v) is 19.8. The van der Waals surface area contributed by atoms with Gasteiger partial charge in [-0.25, -0.2) is 0 Å². The number of hydrogen-bond donors (Lipinski definition) is 1. The molecule has 0 spiro atoms. The molecule has 1 unspecified atom stereocenters. The third-order valence-electron chi connectivity index (χ3n) is 4.38. The minimum atomic E-state index is -4.73. The van der Waals surface area contributed by atoms with Crippen LogP contribution in [0.15, 0.2) is 28.9 Å². The molecule has 31 heavy (non-hydrogen) atoms. The predicted octanol–water partition coefficient (Wildman–Crippen LogP) is 6.38. The number of benzene rings is 1. The van der Waals surface area contributed by atoms with E-state index in [0.717, 1.165) is 10.2 Å². The van der Waals surface area contributed by atoms with E-state index in [-0.39, 0.29) is 11.5 Å². The Kier molecular flexibility index (Phi) is 6.95. The van der Waals surface area contributed by atoms with Gasteiger partial charge in [-0.2, -0.15) is 23.4 Å². The molecule has 0 aliphatic heterocycles. The van der Waals surface area contributed by atoms with Gasteiger partial charge in [-0.1, -0.05) is 40.9 Å². The summed E-state index contributed by atoms with van der Waals surface area (Å²) in [5, 5.41) is 10.6. The number of carbonyl (C=O) groups is 1. The second-order valence-electron chi connectivity index (χ2n) is 6.63. The number of carbonyl (C=O) groups excluding carboxylic acids is 1. The van der Waals surface area contributed by atoms with Crippen LogP contribution in [0.2, 0.25) is 15.1 Å². The Hall–Kier alpha value is -1.75. The van der Waals surface area contributed by atoms with Crippen LogP contribution in [0.4, 0.5) is 19.0 Å². The molecule has 0 fully saturated rings. The molecule has 1 atom stereocenters. The Morgan fingerprint density at radius 3 is 2.48 bits per heavy atom. The van der Waals surface area contributed by atoms with Crippen LogP contribution in [-0.4, -0.2) is 25.5 Å². The van der Waals surface area contributed by atoms with Crippen LogP contribution >= 0.6 is 50.7 Å². The van der Waals surface area contributed by atoms with Crippen LogP contribution in [0.25, 0.3) is 0 Å². The van der Waals surface area contributed by atoms with Crippen molar-refractivity contribution in [2.24, 2.45) is 0 Å². The molecule has 13 heteroatoms. The molecule has 0 saturated heterocycles. The summed E-state index contributed by atoms with van der Waals surface area (Å²) < 4.78 is 42.1. The highest BCUT2D eigenvalue weighted by atomic mass is 79.9. The monoisotopic (exact) mass is 557 g/mol. The molecule has 0 radical (unpaired) electrons. The lowest BCUT2D eigenvalue weighted by atomic mass is 10.2. The summed E-state index contributed by atoms with van der Waals surface area (Å²) in [6.45, 7) is 3.12. The number of halogens is 7. The van der Waals surface area contributed by atoms with Crippen LogP contribution < -0.4 is 5.32 Å². The summed E-state index contributed by atoms with van der Waals surface area (Å²) >= 11 is 21.0. The third kappa shape index (κ3) is 5.19. The number of alkyl halides is 3. The number of nitrogens with one attached hydrogen (secondary N) is 1. The molecule has 3 rings (SSSR count). The number of nitrogens with zero attached hydrogens (tertiary/aromatic N) is 4. The third-order valence-corrected chi connectivity index (χ3v) is 6.15. The first-order valence-electron chi connectivity index (χ1n) is 8.68. The van der Waals surface area contributed by atoms with Crippen molar-refractivity contribution in [1.29, 1.82) is 0 Å². The van der Waals surface area contributed by atoms with E-state index >= 15 is 0 Å². The highest BCUT2D eigenvalue weighted by Crippen LogP contribution is 2.36. The molecule has 166 valence electrons. The predicted molar refractivity (Wildman–Crippen MR) is 116 cm³/mol. The van der Waals surface area contributed by atoms with Crippen LogP contribution in [0, 0.1) is 6.92 Å². The van der Waals surface area contributed by atoms with Gasteiger partial charge in [0.15, 0.2) is 11.5 Å². The number of amides is 1. The van der Waals surface area contributed by atoms with Crippen molar-refractivity contribution in [2.75, 3.05) is 5.32 Å². The molecule has 3 aromatic rings. The van der Waals surface area contributed by atoms with Crippen molar-refractivity contribution in [3.63, 3.8) is 0 Å². The molecule has 0 aliphatic rings. The van der Waals surface area contributed by atoms with Crippen LogP contribution in [-0.2, 0) is 17.5 Å². The van der Waals surface area contributed by atoms with Crippen molar-refractivity contribution in [3.8, 4) is 0 Å². The first kappa shape index (κ1) is 23.9. The smallest absolute Gasteiger partial charge is 0.306 e. The van der Waals surface area contributed by atoms with Crippen LogP contribution in [0.3, 0.4) is 0 Å². The van der Waals surface area contributed by atoms with Gasteiger partial charge in [0.2, 0.25) is 5.91 Å². The highest BCUT2D eigenvalue weighted by Gasteiger charge is 2.39. The van der Waals surface area contributed by atoms with Crippen molar-refractivity contribution in [1.82, 2.24) is 19.6 Å². The zero-order chi connectivity index (χ0) is 23.1. The van der Waals surface area contributed by atoms with E-state index < -0.39 is 28.8 Å². The molecule has 1 aromatic carbocycles. The Labute approximate surface area is 198 Å². The number of rotatable bonds is 5. The molecular weight excluding hydrogens is 545 g/mol. The first-order valence-corrected chi connectivity index (χ1v) is 10.6. The highest BCUT2D eigenvalue weighted by molar-refractivity contribution is 9.10. The average molecular weight is 560 g/mol. The van der Waals surface area contributed by atoms with Gasteiger partial charge >= 0.3 is 6.18 Å². The topological polar surface area (TPSA) is 64.7 Å². The maximum absolute atomic E-state index is 13.0. The Balaban J connectivity index is 1.77. The fourth-order valence-corrected chi connectivity index (χ4v) is 3.74. The molecule has 1 N–H and O–H groups in total. The van der Waals surface area contributed by atoms with Crippen LogP contribution in [0.1, 0.15) is 29.9 Å². The fraction of sp³-hybridized carbons (Fsp3) is 0.278. The molecule has 1 amide bonds. The van der Waals surface area contributed by atoms with Gasteiger partial charge in [0.05, 0.1) is 31.8 Å². The molecule has 2 heterocycles. The summed E-state index contributed by atoms with van der Waals surface area (Å²) in [4.78, 5) is 12.6. The van der Waals surface area contributed by atoms with Gasteiger partial charge in [0, 0.05) is 6.20 Å². The molecule has 2 aromatic heterocycles. The van der Waals surface area contributed by atoms with E-state index in [1.54, 1.807) is 29.1 Å². The largest absolute Gasteiger partial charge is 0.436 e. The lowest BCUT2D eigenvalue weighted by molar-refractivity contribution is -0.141. The van der Waals surface area contributed by atoms with Gasteiger partial charge in [-0.15, -0.1) is 0 Å². The number of anilines is 1.